The standard InChI is InChI=1S/C15H19Br2NO2/c1-20-13-9-11(17)5-6-12(13)14(19)18-15(10-16)7-3-2-4-8-15/h5-6,9H,2-4,7-8,10H2,1H3,(H,18,19). The molecule has 0 radical (unpaired) electrons. The molecule has 0 heterocycles. The Kier molecular flexibility index (Phi) is 5.49. The van der Waals surface area contributed by atoms with E-state index in [2.05, 4.69) is 37.2 Å². The van der Waals surface area contributed by atoms with Gasteiger partial charge >= 0.3 is 0 Å². The number of alkyl halides is 1. The number of amides is 1. The summed E-state index contributed by atoms with van der Waals surface area (Å²) in [5, 5.41) is 4.01. The Bertz CT molecular complexity index is 485. The van der Waals surface area contributed by atoms with Gasteiger partial charge in [-0.3, -0.25) is 4.79 Å². The van der Waals surface area contributed by atoms with Crippen LogP contribution in [0, 0.1) is 0 Å². The molecule has 0 aromatic heterocycles. The monoisotopic (exact) mass is 403 g/mol. The van der Waals surface area contributed by atoms with Crippen LogP contribution in [0.4, 0.5) is 0 Å². The Balaban J connectivity index is 2.18. The van der Waals surface area contributed by atoms with Gasteiger partial charge < -0.3 is 10.1 Å². The van der Waals surface area contributed by atoms with Crippen LogP contribution >= 0.6 is 31.9 Å². The van der Waals surface area contributed by atoms with E-state index in [-0.39, 0.29) is 11.4 Å². The van der Waals surface area contributed by atoms with Crippen molar-refractivity contribution < 1.29 is 9.53 Å². The normalized spacial score (nSPS) is 17.6. The molecule has 1 aliphatic carbocycles. The average molecular weight is 405 g/mol. The fourth-order valence-corrected chi connectivity index (χ4v) is 3.72. The van der Waals surface area contributed by atoms with Crippen molar-refractivity contribution in [3.63, 3.8) is 0 Å². The molecule has 1 fully saturated rings. The van der Waals surface area contributed by atoms with E-state index < -0.39 is 0 Å². The van der Waals surface area contributed by atoms with Crippen LogP contribution in [0.2, 0.25) is 0 Å². The van der Waals surface area contributed by atoms with Gasteiger partial charge in [0.25, 0.3) is 5.91 Å². The van der Waals surface area contributed by atoms with E-state index in [0.29, 0.717) is 11.3 Å². The van der Waals surface area contributed by atoms with Crippen LogP contribution in [0.5, 0.6) is 5.75 Å². The van der Waals surface area contributed by atoms with E-state index in [1.807, 2.05) is 12.1 Å². The highest BCUT2D eigenvalue weighted by atomic mass is 79.9. The molecular formula is C15H19Br2NO2. The van der Waals surface area contributed by atoms with Crippen LogP contribution in [-0.2, 0) is 0 Å². The highest BCUT2D eigenvalue weighted by Gasteiger charge is 2.33. The van der Waals surface area contributed by atoms with Gasteiger partial charge in [-0.15, -0.1) is 0 Å². The van der Waals surface area contributed by atoms with Crippen molar-refractivity contribution in [1.82, 2.24) is 5.32 Å². The summed E-state index contributed by atoms with van der Waals surface area (Å²) in [7, 11) is 1.58. The molecule has 0 saturated heterocycles. The molecule has 3 nitrogen and oxygen atoms in total. The van der Waals surface area contributed by atoms with Crippen molar-refractivity contribution in [3.8, 4) is 5.75 Å². The summed E-state index contributed by atoms with van der Waals surface area (Å²) in [6, 6.07) is 5.47. The first-order valence-corrected chi connectivity index (χ1v) is 8.74. The number of hydrogen-bond acceptors (Lipinski definition) is 2. The van der Waals surface area contributed by atoms with Crippen molar-refractivity contribution in [1.29, 1.82) is 0 Å². The lowest BCUT2D eigenvalue weighted by atomic mass is 9.83. The topological polar surface area (TPSA) is 38.3 Å². The van der Waals surface area contributed by atoms with E-state index in [4.69, 9.17) is 4.74 Å². The molecule has 1 aliphatic rings. The van der Waals surface area contributed by atoms with Gasteiger partial charge in [0.2, 0.25) is 0 Å². The van der Waals surface area contributed by atoms with Crippen LogP contribution in [0.25, 0.3) is 0 Å². The minimum Gasteiger partial charge on any atom is -0.496 e. The van der Waals surface area contributed by atoms with E-state index in [1.165, 1.54) is 19.3 Å². The molecule has 110 valence electrons. The van der Waals surface area contributed by atoms with Gasteiger partial charge in [-0.2, -0.15) is 0 Å². The smallest absolute Gasteiger partial charge is 0.255 e. The van der Waals surface area contributed by atoms with E-state index in [0.717, 1.165) is 22.6 Å². The Labute approximate surface area is 136 Å². The van der Waals surface area contributed by atoms with Gasteiger partial charge in [0.15, 0.2) is 0 Å². The Morgan fingerprint density at radius 1 is 1.35 bits per heavy atom. The summed E-state index contributed by atoms with van der Waals surface area (Å²) in [5.74, 6) is 0.535. The molecule has 5 heteroatoms. The molecule has 20 heavy (non-hydrogen) atoms. The second-order valence-electron chi connectivity index (χ2n) is 5.27. The maximum atomic E-state index is 12.5. The van der Waals surface area contributed by atoms with Gasteiger partial charge in [-0.1, -0.05) is 51.1 Å². The Hall–Kier alpha value is -0.550. The number of benzene rings is 1. The van der Waals surface area contributed by atoms with Gasteiger partial charge in [0.1, 0.15) is 5.75 Å². The summed E-state index contributed by atoms with van der Waals surface area (Å²) in [6.07, 6.45) is 5.66. The number of carbonyl (C=O) groups excluding carboxylic acids is 1. The first-order chi connectivity index (χ1) is 9.60. The van der Waals surface area contributed by atoms with Gasteiger partial charge in [-0.25, -0.2) is 0 Å². The maximum absolute atomic E-state index is 12.5. The van der Waals surface area contributed by atoms with Crippen LogP contribution in [0.1, 0.15) is 42.5 Å². The molecule has 2 rings (SSSR count). The van der Waals surface area contributed by atoms with Crippen molar-refractivity contribution >= 4 is 37.8 Å². The predicted molar refractivity (Wildman–Crippen MR) is 87.8 cm³/mol. The van der Waals surface area contributed by atoms with Crippen LogP contribution in [-0.4, -0.2) is 23.9 Å². The van der Waals surface area contributed by atoms with E-state index >= 15 is 0 Å². The van der Waals surface area contributed by atoms with Gasteiger partial charge in [0, 0.05) is 9.80 Å². The minimum absolute atomic E-state index is 0.0595. The van der Waals surface area contributed by atoms with E-state index in [9.17, 15) is 4.79 Å². The molecule has 1 aromatic carbocycles. The largest absolute Gasteiger partial charge is 0.496 e. The van der Waals surface area contributed by atoms with E-state index in [1.54, 1.807) is 13.2 Å². The van der Waals surface area contributed by atoms with Crippen molar-refractivity contribution in [2.45, 2.75) is 37.6 Å². The number of hydrogen-bond donors (Lipinski definition) is 1. The van der Waals surface area contributed by atoms with Gasteiger partial charge in [0.05, 0.1) is 18.2 Å². The van der Waals surface area contributed by atoms with Crippen LogP contribution < -0.4 is 10.1 Å². The predicted octanol–water partition coefficient (Wildman–Crippen LogP) is 4.29. The number of nitrogens with one attached hydrogen (secondary N) is 1. The fourth-order valence-electron chi connectivity index (χ4n) is 2.68. The van der Waals surface area contributed by atoms with Crippen LogP contribution in [0.15, 0.2) is 22.7 Å². The number of methoxy groups -OCH3 is 1. The number of halogens is 2. The van der Waals surface area contributed by atoms with Crippen molar-refractivity contribution in [2.24, 2.45) is 0 Å². The number of ether oxygens (including phenoxy) is 1. The Morgan fingerprint density at radius 3 is 2.65 bits per heavy atom. The SMILES string of the molecule is COc1cc(Br)ccc1C(=O)NC1(CBr)CCCCC1. The van der Waals surface area contributed by atoms with Gasteiger partial charge in [-0.05, 0) is 31.0 Å². The molecule has 0 bridgehead atoms. The zero-order chi connectivity index (χ0) is 14.6. The summed E-state index contributed by atoms with van der Waals surface area (Å²) >= 11 is 6.95. The molecule has 1 N–H and O–H groups in total. The molecule has 1 aromatic rings. The summed E-state index contributed by atoms with van der Waals surface area (Å²) < 4.78 is 6.20. The first-order valence-electron chi connectivity index (χ1n) is 6.82. The molecular weight excluding hydrogens is 386 g/mol. The second kappa shape index (κ2) is 6.94. The Morgan fingerprint density at radius 2 is 2.05 bits per heavy atom. The minimum atomic E-state index is -0.118. The first kappa shape index (κ1) is 15.8. The molecule has 0 unspecified atom stereocenters. The third-order valence-electron chi connectivity index (χ3n) is 3.85. The third-order valence-corrected chi connectivity index (χ3v) is 5.42. The van der Waals surface area contributed by atoms with Crippen molar-refractivity contribution in [2.75, 3.05) is 12.4 Å². The molecule has 0 atom stereocenters. The molecule has 0 aliphatic heterocycles. The quantitative estimate of drug-likeness (QED) is 0.760. The summed E-state index contributed by atoms with van der Waals surface area (Å²) in [5.41, 5.74) is 0.467. The highest BCUT2D eigenvalue weighted by Crippen LogP contribution is 2.31. The second-order valence-corrected chi connectivity index (χ2v) is 6.75. The molecule has 1 amide bonds. The zero-order valence-electron chi connectivity index (χ0n) is 11.5. The zero-order valence-corrected chi connectivity index (χ0v) is 14.7. The molecule has 0 spiro atoms. The number of carbonyl (C=O) groups is 1. The lowest BCUT2D eigenvalue weighted by Crippen LogP contribution is -2.51. The lowest BCUT2D eigenvalue weighted by Gasteiger charge is -2.36. The molecule has 1 saturated carbocycles. The highest BCUT2D eigenvalue weighted by molar-refractivity contribution is 9.10. The summed E-state index contributed by atoms with van der Waals surface area (Å²) in [4.78, 5) is 12.5. The number of rotatable bonds is 4. The maximum Gasteiger partial charge on any atom is 0.255 e. The summed E-state index contributed by atoms with van der Waals surface area (Å²) in [6.45, 7) is 0. The fraction of sp³-hybridized carbons (Fsp3) is 0.533. The van der Waals surface area contributed by atoms with Crippen molar-refractivity contribution in [3.05, 3.63) is 28.2 Å². The average Bonchev–Trinajstić information content (AvgIpc) is 2.47. The lowest BCUT2D eigenvalue weighted by molar-refractivity contribution is 0.0883. The third kappa shape index (κ3) is 3.55. The van der Waals surface area contributed by atoms with Crippen LogP contribution in [0.3, 0.4) is 0 Å².